The normalized spacial score (nSPS) is 46.6. The zero-order chi connectivity index (χ0) is 6.27. The van der Waals surface area contributed by atoms with Crippen molar-refractivity contribution in [3.8, 4) is 0 Å². The van der Waals surface area contributed by atoms with Crippen molar-refractivity contribution in [3.63, 3.8) is 0 Å². The predicted octanol–water partition coefficient (Wildman–Crippen LogP) is 2.44. The first-order chi connectivity index (χ1) is 4.40. The van der Waals surface area contributed by atoms with Crippen LogP contribution in [0.3, 0.4) is 0 Å². The number of fused-ring (bicyclic) bond motifs is 2. The molecule has 0 spiro atoms. The molecule has 1 unspecified atom stereocenters. The fourth-order valence-electron chi connectivity index (χ4n) is 2.07. The number of allylic oxidation sites excluding steroid dienone is 2. The summed E-state index contributed by atoms with van der Waals surface area (Å²) in [7, 11) is 0. The Morgan fingerprint density at radius 2 is 2.22 bits per heavy atom. The van der Waals surface area contributed by atoms with E-state index in [-0.39, 0.29) is 0 Å². The number of rotatable bonds is 1. The van der Waals surface area contributed by atoms with E-state index in [0.717, 1.165) is 23.6 Å². The summed E-state index contributed by atoms with van der Waals surface area (Å²) >= 11 is 5.77. The largest absolute Gasteiger partial charge is 0.126 e. The Morgan fingerprint density at radius 3 is 2.56 bits per heavy atom. The van der Waals surface area contributed by atoms with Crippen LogP contribution in [0.5, 0.6) is 0 Å². The Bertz CT molecular complexity index is 140. The molecule has 2 aliphatic carbocycles. The van der Waals surface area contributed by atoms with E-state index in [1.54, 1.807) is 0 Å². The van der Waals surface area contributed by atoms with Gasteiger partial charge < -0.3 is 0 Å². The van der Waals surface area contributed by atoms with Crippen LogP contribution < -0.4 is 0 Å². The van der Waals surface area contributed by atoms with E-state index >= 15 is 0 Å². The van der Waals surface area contributed by atoms with E-state index < -0.39 is 0 Å². The molecule has 0 radical (unpaired) electrons. The summed E-state index contributed by atoms with van der Waals surface area (Å²) in [5.74, 6) is 3.40. The van der Waals surface area contributed by atoms with Gasteiger partial charge in [0, 0.05) is 5.88 Å². The minimum atomic E-state index is 0.807. The summed E-state index contributed by atoms with van der Waals surface area (Å²) in [6.45, 7) is 0. The molecule has 0 aromatic heterocycles. The molecule has 2 rings (SSSR count). The number of hydrogen-bond acceptors (Lipinski definition) is 0. The highest BCUT2D eigenvalue weighted by Crippen LogP contribution is 2.43. The Morgan fingerprint density at radius 1 is 1.33 bits per heavy atom. The fourth-order valence-corrected chi connectivity index (χ4v) is 2.43. The second kappa shape index (κ2) is 2.02. The molecule has 1 heteroatoms. The first-order valence-corrected chi connectivity index (χ1v) is 4.18. The third-order valence-electron chi connectivity index (χ3n) is 2.61. The van der Waals surface area contributed by atoms with E-state index in [9.17, 15) is 0 Å². The number of hydrogen-bond donors (Lipinski definition) is 0. The van der Waals surface area contributed by atoms with Gasteiger partial charge in [-0.1, -0.05) is 12.2 Å². The van der Waals surface area contributed by atoms with E-state index in [4.69, 9.17) is 11.6 Å². The van der Waals surface area contributed by atoms with Crippen LogP contribution in [-0.4, -0.2) is 5.88 Å². The number of halogens is 1. The SMILES string of the molecule is ClCC1C[C@H]2C=C[C@@H]1C2. The van der Waals surface area contributed by atoms with Gasteiger partial charge in [0.2, 0.25) is 0 Å². The minimum Gasteiger partial charge on any atom is -0.126 e. The Labute approximate surface area is 60.9 Å². The van der Waals surface area contributed by atoms with Gasteiger partial charge in [0.25, 0.3) is 0 Å². The maximum absolute atomic E-state index is 5.77. The highest BCUT2D eigenvalue weighted by molar-refractivity contribution is 6.18. The summed E-state index contributed by atoms with van der Waals surface area (Å²) < 4.78 is 0. The van der Waals surface area contributed by atoms with Crippen molar-refractivity contribution in [2.24, 2.45) is 17.8 Å². The molecule has 1 fully saturated rings. The molecule has 0 heterocycles. The second-order valence-corrected chi connectivity index (χ2v) is 3.50. The van der Waals surface area contributed by atoms with Gasteiger partial charge in [-0.05, 0) is 30.6 Å². The molecule has 0 nitrogen and oxygen atoms in total. The van der Waals surface area contributed by atoms with Crippen LogP contribution in [0.4, 0.5) is 0 Å². The average molecular weight is 143 g/mol. The lowest BCUT2D eigenvalue weighted by molar-refractivity contribution is 0.499. The van der Waals surface area contributed by atoms with Crippen LogP contribution in [0.15, 0.2) is 12.2 Å². The van der Waals surface area contributed by atoms with Crippen molar-refractivity contribution in [1.82, 2.24) is 0 Å². The third kappa shape index (κ3) is 0.806. The van der Waals surface area contributed by atoms with Gasteiger partial charge in [0.1, 0.15) is 0 Å². The van der Waals surface area contributed by atoms with Crippen LogP contribution in [0.1, 0.15) is 12.8 Å². The van der Waals surface area contributed by atoms with Gasteiger partial charge in [0.05, 0.1) is 0 Å². The summed E-state index contributed by atoms with van der Waals surface area (Å²) in [4.78, 5) is 0. The lowest BCUT2D eigenvalue weighted by Crippen LogP contribution is -2.07. The van der Waals surface area contributed by atoms with Crippen molar-refractivity contribution >= 4 is 11.6 Å². The van der Waals surface area contributed by atoms with Crippen molar-refractivity contribution in [2.45, 2.75) is 12.8 Å². The van der Waals surface area contributed by atoms with Crippen LogP contribution in [0, 0.1) is 17.8 Å². The monoisotopic (exact) mass is 142 g/mol. The molecule has 0 aliphatic heterocycles. The zero-order valence-corrected chi connectivity index (χ0v) is 6.14. The van der Waals surface area contributed by atoms with Crippen LogP contribution >= 0.6 is 11.6 Å². The van der Waals surface area contributed by atoms with Crippen LogP contribution in [0.2, 0.25) is 0 Å². The summed E-state index contributed by atoms with van der Waals surface area (Å²) in [6.07, 6.45) is 7.44. The van der Waals surface area contributed by atoms with Gasteiger partial charge >= 0.3 is 0 Å². The topological polar surface area (TPSA) is 0 Å². The molecule has 2 aliphatic rings. The highest BCUT2D eigenvalue weighted by atomic mass is 35.5. The molecule has 0 N–H and O–H groups in total. The molecule has 9 heavy (non-hydrogen) atoms. The average Bonchev–Trinajstić information content (AvgIpc) is 2.45. The minimum absolute atomic E-state index is 0.807. The van der Waals surface area contributed by atoms with Crippen molar-refractivity contribution in [3.05, 3.63) is 12.2 Å². The first-order valence-electron chi connectivity index (χ1n) is 3.64. The summed E-state index contributed by atoms with van der Waals surface area (Å²) in [5.41, 5.74) is 0. The quantitative estimate of drug-likeness (QED) is 0.390. The van der Waals surface area contributed by atoms with Crippen LogP contribution in [-0.2, 0) is 0 Å². The highest BCUT2D eigenvalue weighted by Gasteiger charge is 2.34. The van der Waals surface area contributed by atoms with E-state index in [2.05, 4.69) is 12.2 Å². The van der Waals surface area contributed by atoms with Crippen LogP contribution in [0.25, 0.3) is 0 Å². The fraction of sp³-hybridized carbons (Fsp3) is 0.750. The van der Waals surface area contributed by atoms with Gasteiger partial charge in [-0.15, -0.1) is 11.6 Å². The Kier molecular flexibility index (Phi) is 1.30. The van der Waals surface area contributed by atoms with Crippen molar-refractivity contribution in [2.75, 3.05) is 5.88 Å². The zero-order valence-electron chi connectivity index (χ0n) is 5.39. The van der Waals surface area contributed by atoms with E-state index in [1.165, 1.54) is 12.8 Å². The molecule has 2 bridgehead atoms. The molecule has 0 saturated heterocycles. The maximum Gasteiger partial charge on any atom is 0.0257 e. The maximum atomic E-state index is 5.77. The van der Waals surface area contributed by atoms with Gasteiger partial charge in [0.15, 0.2) is 0 Å². The molecule has 3 atom stereocenters. The molecule has 0 aromatic rings. The molecule has 0 amide bonds. The standard InChI is InChI=1S/C8H11Cl/c9-5-8-4-6-1-2-7(8)3-6/h1-2,6-8H,3-5H2/t6-,7+,8?/m0/s1. The Balaban J connectivity index is 2.10. The smallest absolute Gasteiger partial charge is 0.0257 e. The molecule has 0 aromatic carbocycles. The van der Waals surface area contributed by atoms with Gasteiger partial charge in [-0.2, -0.15) is 0 Å². The lowest BCUT2D eigenvalue weighted by Gasteiger charge is -2.13. The predicted molar refractivity (Wildman–Crippen MR) is 39.6 cm³/mol. The second-order valence-electron chi connectivity index (χ2n) is 3.19. The summed E-state index contributed by atoms with van der Waals surface area (Å²) in [5, 5.41) is 0. The molecular weight excluding hydrogens is 132 g/mol. The van der Waals surface area contributed by atoms with E-state index in [1.807, 2.05) is 0 Å². The molecule has 1 saturated carbocycles. The van der Waals surface area contributed by atoms with Crippen molar-refractivity contribution < 1.29 is 0 Å². The molecular formula is C8H11Cl. The van der Waals surface area contributed by atoms with Crippen molar-refractivity contribution in [1.29, 1.82) is 0 Å². The molecule has 50 valence electrons. The van der Waals surface area contributed by atoms with Gasteiger partial charge in [-0.3, -0.25) is 0 Å². The van der Waals surface area contributed by atoms with Gasteiger partial charge in [-0.25, -0.2) is 0 Å². The first kappa shape index (κ1) is 5.79. The summed E-state index contributed by atoms with van der Waals surface area (Å²) in [6, 6.07) is 0. The Hall–Kier alpha value is 0.0300. The van der Waals surface area contributed by atoms with E-state index in [0.29, 0.717) is 0 Å². The third-order valence-corrected chi connectivity index (χ3v) is 3.01. The number of alkyl halides is 1. The lowest BCUT2D eigenvalue weighted by atomic mass is 9.96.